The molecule has 26 heavy (non-hydrogen) atoms. The van der Waals surface area contributed by atoms with Gasteiger partial charge in [0.15, 0.2) is 10.9 Å². The lowest BCUT2D eigenvalue weighted by molar-refractivity contribution is 0.0986. The molecule has 3 aromatic heterocycles. The number of hydrogen-bond acceptors (Lipinski definition) is 6. The van der Waals surface area contributed by atoms with Gasteiger partial charge in [0.2, 0.25) is 0 Å². The zero-order valence-corrected chi connectivity index (χ0v) is 17.1. The van der Waals surface area contributed by atoms with Crippen molar-refractivity contribution in [2.24, 2.45) is 7.05 Å². The van der Waals surface area contributed by atoms with Crippen molar-refractivity contribution in [3.63, 3.8) is 0 Å². The highest BCUT2D eigenvalue weighted by atomic mass is 32.2. The molecule has 0 aliphatic heterocycles. The number of ketones is 1. The van der Waals surface area contributed by atoms with Crippen molar-refractivity contribution < 1.29 is 4.79 Å². The molecule has 0 N–H and O–H groups in total. The van der Waals surface area contributed by atoms with E-state index in [0.717, 1.165) is 51.7 Å². The van der Waals surface area contributed by atoms with Gasteiger partial charge in [0.1, 0.15) is 4.83 Å². The summed E-state index contributed by atoms with van der Waals surface area (Å²) in [6.07, 6.45) is 5.78. The van der Waals surface area contributed by atoms with E-state index in [-0.39, 0.29) is 11.3 Å². The Morgan fingerprint density at radius 2 is 2.19 bits per heavy atom. The van der Waals surface area contributed by atoms with Crippen molar-refractivity contribution in [2.45, 2.75) is 43.7 Å². The Hall–Kier alpha value is -1.44. The number of rotatable bonds is 6. The van der Waals surface area contributed by atoms with Gasteiger partial charge >= 0.3 is 0 Å². The fourth-order valence-corrected chi connectivity index (χ4v) is 6.26. The van der Waals surface area contributed by atoms with Crippen LogP contribution in [0.1, 0.15) is 45.8 Å². The van der Waals surface area contributed by atoms with Crippen molar-refractivity contribution in [3.05, 3.63) is 43.2 Å². The van der Waals surface area contributed by atoms with Gasteiger partial charge in [0, 0.05) is 24.1 Å². The molecule has 3 aromatic rings. The van der Waals surface area contributed by atoms with Crippen molar-refractivity contribution in [1.82, 2.24) is 9.55 Å². The Balaban J connectivity index is 1.47. The van der Waals surface area contributed by atoms with Crippen LogP contribution < -0.4 is 5.56 Å². The van der Waals surface area contributed by atoms with Gasteiger partial charge in [-0.05, 0) is 49.1 Å². The minimum Gasteiger partial charge on any atom is -0.293 e. The maximum atomic E-state index is 12.8. The summed E-state index contributed by atoms with van der Waals surface area (Å²) in [5.41, 5.74) is 1.31. The smallest absolute Gasteiger partial charge is 0.262 e. The van der Waals surface area contributed by atoms with Crippen LogP contribution in [0.5, 0.6) is 0 Å². The second kappa shape index (κ2) is 7.66. The molecule has 0 aromatic carbocycles. The number of thiophene rings is 2. The molecule has 0 fully saturated rings. The molecule has 1 aliphatic rings. The molecule has 7 heteroatoms. The lowest BCUT2D eigenvalue weighted by Gasteiger charge is -2.10. The van der Waals surface area contributed by atoms with E-state index in [4.69, 9.17) is 4.98 Å². The molecule has 136 valence electrons. The van der Waals surface area contributed by atoms with Gasteiger partial charge in [-0.15, -0.1) is 22.7 Å². The first kappa shape index (κ1) is 17.9. The van der Waals surface area contributed by atoms with Gasteiger partial charge in [-0.1, -0.05) is 17.8 Å². The van der Waals surface area contributed by atoms with Crippen LogP contribution in [0.25, 0.3) is 10.2 Å². The zero-order valence-electron chi connectivity index (χ0n) is 14.6. The second-order valence-electron chi connectivity index (χ2n) is 6.50. The number of aryl methyl sites for hydroxylation is 2. The van der Waals surface area contributed by atoms with Gasteiger partial charge in [-0.2, -0.15) is 0 Å². The van der Waals surface area contributed by atoms with Crippen molar-refractivity contribution in [3.8, 4) is 0 Å². The fraction of sp³-hybridized carbons (Fsp3) is 0.421. The standard InChI is InChI=1S/C19H20N2O2S3/c1-21-18(23)16-12-6-2-3-8-14(12)26-17(16)20-19(21)25-11-4-7-13(22)15-9-5-10-24-15/h5,9-10H,2-4,6-8,11H2,1H3. The number of nitrogens with zero attached hydrogens (tertiary/aromatic N) is 2. The summed E-state index contributed by atoms with van der Waals surface area (Å²) in [6.45, 7) is 0. The topological polar surface area (TPSA) is 52.0 Å². The maximum absolute atomic E-state index is 12.8. The largest absolute Gasteiger partial charge is 0.293 e. The van der Waals surface area contributed by atoms with Crippen LogP contribution in [0.3, 0.4) is 0 Å². The molecular formula is C19H20N2O2S3. The molecule has 0 saturated carbocycles. The van der Waals surface area contributed by atoms with E-state index in [9.17, 15) is 9.59 Å². The number of carbonyl (C=O) groups is 1. The highest BCUT2D eigenvalue weighted by Gasteiger charge is 2.21. The summed E-state index contributed by atoms with van der Waals surface area (Å²) in [7, 11) is 1.81. The SMILES string of the molecule is Cn1c(SCCCC(=O)c2cccs2)nc2sc3c(c2c1=O)CCCC3. The number of aromatic nitrogens is 2. The highest BCUT2D eigenvalue weighted by Crippen LogP contribution is 2.34. The van der Waals surface area contributed by atoms with Gasteiger partial charge in [-0.25, -0.2) is 4.98 Å². The third-order valence-corrected chi connectivity index (χ3v) is 7.94. The van der Waals surface area contributed by atoms with E-state index in [1.54, 1.807) is 34.7 Å². The minimum atomic E-state index is 0.0755. The average Bonchev–Trinajstić information content (AvgIpc) is 3.29. The van der Waals surface area contributed by atoms with E-state index in [2.05, 4.69) is 0 Å². The van der Waals surface area contributed by atoms with Crippen LogP contribution in [0, 0.1) is 0 Å². The van der Waals surface area contributed by atoms with Crippen molar-refractivity contribution >= 4 is 50.4 Å². The second-order valence-corrected chi connectivity index (χ2v) is 9.60. The van der Waals surface area contributed by atoms with E-state index in [1.165, 1.54) is 28.2 Å². The summed E-state index contributed by atoms with van der Waals surface area (Å²) in [6, 6.07) is 3.78. The van der Waals surface area contributed by atoms with E-state index in [0.29, 0.717) is 6.42 Å². The lowest BCUT2D eigenvalue weighted by atomic mass is 9.97. The molecule has 0 amide bonds. The van der Waals surface area contributed by atoms with Gasteiger partial charge in [0.05, 0.1) is 10.3 Å². The fourth-order valence-electron chi connectivity index (χ4n) is 3.35. The Kier molecular flexibility index (Phi) is 5.29. The molecule has 0 radical (unpaired) electrons. The van der Waals surface area contributed by atoms with Gasteiger partial charge in [0.25, 0.3) is 5.56 Å². The van der Waals surface area contributed by atoms with Gasteiger partial charge in [-0.3, -0.25) is 14.2 Å². The normalized spacial score (nSPS) is 13.9. The third kappa shape index (κ3) is 3.40. The minimum absolute atomic E-state index is 0.0755. The summed E-state index contributed by atoms with van der Waals surface area (Å²) in [4.78, 5) is 32.7. The molecule has 0 spiro atoms. The molecule has 0 saturated heterocycles. The summed E-state index contributed by atoms with van der Waals surface area (Å²) >= 11 is 4.75. The Morgan fingerprint density at radius 3 is 3.00 bits per heavy atom. The molecule has 0 bridgehead atoms. The average molecular weight is 405 g/mol. The van der Waals surface area contributed by atoms with Crippen LogP contribution in [-0.4, -0.2) is 21.1 Å². The number of fused-ring (bicyclic) bond motifs is 3. The number of hydrogen-bond donors (Lipinski definition) is 0. The molecule has 0 unspecified atom stereocenters. The van der Waals surface area contributed by atoms with E-state index >= 15 is 0 Å². The number of carbonyl (C=O) groups excluding carboxylic acids is 1. The monoisotopic (exact) mass is 404 g/mol. The highest BCUT2D eigenvalue weighted by molar-refractivity contribution is 7.99. The Labute approximate surface area is 164 Å². The van der Waals surface area contributed by atoms with Crippen LogP contribution >= 0.6 is 34.4 Å². The molecule has 4 nitrogen and oxygen atoms in total. The van der Waals surface area contributed by atoms with Crippen LogP contribution in [0.4, 0.5) is 0 Å². The molecule has 0 atom stereocenters. The van der Waals surface area contributed by atoms with Crippen molar-refractivity contribution in [1.29, 1.82) is 0 Å². The third-order valence-electron chi connectivity index (χ3n) is 4.73. The lowest BCUT2D eigenvalue weighted by Crippen LogP contribution is -2.20. The predicted octanol–water partition coefficient (Wildman–Crippen LogP) is 4.69. The molecule has 1 aliphatic carbocycles. The Morgan fingerprint density at radius 1 is 1.35 bits per heavy atom. The molecular weight excluding hydrogens is 384 g/mol. The van der Waals surface area contributed by atoms with Crippen LogP contribution in [0.15, 0.2) is 27.5 Å². The first-order valence-corrected chi connectivity index (χ1v) is 11.5. The van der Waals surface area contributed by atoms with E-state index < -0.39 is 0 Å². The van der Waals surface area contributed by atoms with Crippen LogP contribution in [0.2, 0.25) is 0 Å². The summed E-state index contributed by atoms with van der Waals surface area (Å²) in [5, 5.41) is 3.52. The molecule has 3 heterocycles. The van der Waals surface area contributed by atoms with Crippen molar-refractivity contribution in [2.75, 3.05) is 5.75 Å². The predicted molar refractivity (Wildman–Crippen MR) is 110 cm³/mol. The van der Waals surface area contributed by atoms with Gasteiger partial charge < -0.3 is 0 Å². The summed E-state index contributed by atoms with van der Waals surface area (Å²) < 4.78 is 1.68. The quantitative estimate of drug-likeness (QED) is 0.259. The summed E-state index contributed by atoms with van der Waals surface area (Å²) in [5.74, 6) is 0.984. The first-order chi connectivity index (χ1) is 12.6. The number of Topliss-reactive ketones (excluding diaryl/α,β-unsaturated/α-hetero) is 1. The molecule has 4 rings (SSSR count). The zero-order chi connectivity index (χ0) is 18.1. The Bertz CT molecular complexity index is 1000. The first-order valence-electron chi connectivity index (χ1n) is 8.86. The van der Waals surface area contributed by atoms with E-state index in [1.807, 2.05) is 17.5 Å². The van der Waals surface area contributed by atoms with Crippen LogP contribution in [-0.2, 0) is 19.9 Å². The number of thioether (sulfide) groups is 1. The maximum Gasteiger partial charge on any atom is 0.262 e.